The van der Waals surface area contributed by atoms with E-state index in [9.17, 15) is 14.7 Å². The van der Waals surface area contributed by atoms with Gasteiger partial charge in [-0.1, -0.05) is 6.92 Å². The minimum Gasteiger partial charge on any atom is -0.508 e. The van der Waals surface area contributed by atoms with Gasteiger partial charge in [-0.05, 0) is 19.4 Å². The highest BCUT2D eigenvalue weighted by Gasteiger charge is 2.09. The number of carbonyl (C=O) groups is 1. The molecule has 18 heavy (non-hydrogen) atoms. The number of hydrogen-bond acceptors (Lipinski definition) is 3. The molecule has 1 rings (SSSR count). The summed E-state index contributed by atoms with van der Waals surface area (Å²) in [5, 5.41) is 9.27. The van der Waals surface area contributed by atoms with Crippen molar-refractivity contribution < 1.29 is 9.90 Å². The molecule has 0 aliphatic carbocycles. The second-order valence-electron chi connectivity index (χ2n) is 4.41. The molecule has 0 saturated carbocycles. The van der Waals surface area contributed by atoms with Gasteiger partial charge in [0.1, 0.15) is 5.75 Å². The molecule has 1 heterocycles. The number of hydrogen-bond donors (Lipinski definition) is 1. The minimum atomic E-state index is -0.279. The van der Waals surface area contributed by atoms with E-state index in [2.05, 4.69) is 0 Å². The summed E-state index contributed by atoms with van der Waals surface area (Å²) < 4.78 is 1.50. The van der Waals surface area contributed by atoms with Crippen LogP contribution in [0.3, 0.4) is 0 Å². The highest BCUT2D eigenvalue weighted by atomic mass is 16.3. The summed E-state index contributed by atoms with van der Waals surface area (Å²) in [7, 11) is 1.76. The van der Waals surface area contributed by atoms with Crippen molar-refractivity contribution in [2.45, 2.75) is 33.2 Å². The fourth-order valence-corrected chi connectivity index (χ4v) is 1.86. The van der Waals surface area contributed by atoms with Crippen molar-refractivity contribution in [2.75, 3.05) is 13.6 Å². The van der Waals surface area contributed by atoms with Gasteiger partial charge < -0.3 is 14.6 Å². The largest absolute Gasteiger partial charge is 0.508 e. The predicted octanol–water partition coefficient (Wildman–Crippen LogP) is 1.12. The minimum absolute atomic E-state index is 0.0243. The molecule has 0 aliphatic rings. The average molecular weight is 252 g/mol. The SMILES string of the molecule is CCCN(C)C(=O)CCn1c(C)cc(O)cc1=O. The number of carbonyl (C=O) groups excluding carboxylic acids is 1. The first-order chi connectivity index (χ1) is 8.45. The zero-order valence-electron chi connectivity index (χ0n) is 11.1. The number of aromatic hydroxyl groups is 1. The quantitative estimate of drug-likeness (QED) is 0.854. The number of aromatic nitrogens is 1. The summed E-state index contributed by atoms with van der Waals surface area (Å²) in [6, 6.07) is 2.68. The van der Waals surface area contributed by atoms with Gasteiger partial charge >= 0.3 is 0 Å². The number of amides is 1. The van der Waals surface area contributed by atoms with Crippen LogP contribution in [0.5, 0.6) is 5.75 Å². The van der Waals surface area contributed by atoms with Gasteiger partial charge in [0.15, 0.2) is 0 Å². The zero-order chi connectivity index (χ0) is 13.7. The Hall–Kier alpha value is -1.78. The summed E-state index contributed by atoms with van der Waals surface area (Å²) in [5.74, 6) is -0.0144. The zero-order valence-corrected chi connectivity index (χ0v) is 11.1. The van der Waals surface area contributed by atoms with Crippen molar-refractivity contribution in [1.29, 1.82) is 0 Å². The molecule has 0 spiro atoms. The van der Waals surface area contributed by atoms with E-state index in [-0.39, 0.29) is 17.2 Å². The summed E-state index contributed by atoms with van der Waals surface area (Å²) in [5.41, 5.74) is 0.379. The first kappa shape index (κ1) is 14.3. The fraction of sp³-hybridized carbons (Fsp3) is 0.538. The second-order valence-corrected chi connectivity index (χ2v) is 4.41. The third-order valence-corrected chi connectivity index (χ3v) is 2.85. The van der Waals surface area contributed by atoms with Gasteiger partial charge in [0.25, 0.3) is 5.56 Å². The summed E-state index contributed by atoms with van der Waals surface area (Å²) in [4.78, 5) is 25.1. The Morgan fingerprint density at radius 3 is 2.67 bits per heavy atom. The standard InChI is InChI=1S/C13H20N2O3/c1-4-6-14(3)12(17)5-7-15-10(2)8-11(16)9-13(15)18/h8-9,16H,4-7H2,1-3H3. The Labute approximate surface area is 107 Å². The lowest BCUT2D eigenvalue weighted by atomic mass is 10.3. The molecule has 1 N–H and O–H groups in total. The first-order valence-electron chi connectivity index (χ1n) is 6.10. The third kappa shape index (κ3) is 3.61. The van der Waals surface area contributed by atoms with Gasteiger partial charge in [-0.3, -0.25) is 9.59 Å². The molecule has 0 aromatic carbocycles. The molecule has 0 radical (unpaired) electrons. The molecule has 0 saturated heterocycles. The van der Waals surface area contributed by atoms with E-state index in [1.54, 1.807) is 18.9 Å². The van der Waals surface area contributed by atoms with Crippen LogP contribution in [-0.4, -0.2) is 34.1 Å². The normalized spacial score (nSPS) is 10.4. The lowest BCUT2D eigenvalue weighted by Crippen LogP contribution is -2.30. The molecule has 5 heteroatoms. The van der Waals surface area contributed by atoms with Crippen molar-refractivity contribution in [3.8, 4) is 5.75 Å². The Balaban J connectivity index is 2.70. The van der Waals surface area contributed by atoms with Gasteiger partial charge in [-0.2, -0.15) is 0 Å². The lowest BCUT2D eigenvalue weighted by Gasteiger charge is -2.17. The highest BCUT2D eigenvalue weighted by molar-refractivity contribution is 5.75. The van der Waals surface area contributed by atoms with Crippen LogP contribution in [0.4, 0.5) is 0 Å². The fourth-order valence-electron chi connectivity index (χ4n) is 1.86. The van der Waals surface area contributed by atoms with Crippen LogP contribution in [0, 0.1) is 6.92 Å². The predicted molar refractivity (Wildman–Crippen MR) is 69.6 cm³/mol. The average Bonchev–Trinajstić information content (AvgIpc) is 2.27. The number of aryl methyl sites for hydroxylation is 1. The van der Waals surface area contributed by atoms with Crippen molar-refractivity contribution >= 4 is 5.91 Å². The molecule has 0 atom stereocenters. The molecular weight excluding hydrogens is 232 g/mol. The molecular formula is C13H20N2O3. The van der Waals surface area contributed by atoms with Gasteiger partial charge in [-0.15, -0.1) is 0 Å². The van der Waals surface area contributed by atoms with Crippen molar-refractivity contribution in [3.63, 3.8) is 0 Å². The number of nitrogens with zero attached hydrogens (tertiary/aromatic N) is 2. The molecule has 1 amide bonds. The van der Waals surface area contributed by atoms with Gasteiger partial charge in [0, 0.05) is 38.3 Å². The molecule has 0 fully saturated rings. The topological polar surface area (TPSA) is 62.5 Å². The molecule has 0 aliphatic heterocycles. The van der Waals surface area contributed by atoms with Gasteiger partial charge in [-0.25, -0.2) is 0 Å². The molecule has 1 aromatic rings. The van der Waals surface area contributed by atoms with Crippen LogP contribution < -0.4 is 5.56 Å². The summed E-state index contributed by atoms with van der Waals surface area (Å²) in [6.07, 6.45) is 1.21. The Morgan fingerprint density at radius 2 is 2.11 bits per heavy atom. The lowest BCUT2D eigenvalue weighted by molar-refractivity contribution is -0.130. The molecule has 100 valence electrons. The van der Waals surface area contributed by atoms with Crippen LogP contribution in [0.15, 0.2) is 16.9 Å². The third-order valence-electron chi connectivity index (χ3n) is 2.85. The monoisotopic (exact) mass is 252 g/mol. The molecule has 0 bridgehead atoms. The van der Waals surface area contributed by atoms with Crippen molar-refractivity contribution in [2.24, 2.45) is 0 Å². The van der Waals surface area contributed by atoms with E-state index in [0.717, 1.165) is 19.0 Å². The summed E-state index contributed by atoms with van der Waals surface area (Å²) in [6.45, 7) is 4.82. The van der Waals surface area contributed by atoms with Crippen molar-refractivity contribution in [3.05, 3.63) is 28.2 Å². The maximum atomic E-state index is 11.8. The van der Waals surface area contributed by atoms with E-state index < -0.39 is 0 Å². The maximum absolute atomic E-state index is 11.8. The highest BCUT2D eigenvalue weighted by Crippen LogP contribution is 2.07. The Morgan fingerprint density at radius 1 is 1.44 bits per heavy atom. The van der Waals surface area contributed by atoms with Crippen LogP contribution in [0.2, 0.25) is 0 Å². The van der Waals surface area contributed by atoms with Crippen LogP contribution in [0.25, 0.3) is 0 Å². The van der Waals surface area contributed by atoms with E-state index in [0.29, 0.717) is 18.7 Å². The number of pyridine rings is 1. The maximum Gasteiger partial charge on any atom is 0.254 e. The van der Waals surface area contributed by atoms with E-state index in [1.165, 1.54) is 10.6 Å². The van der Waals surface area contributed by atoms with E-state index >= 15 is 0 Å². The molecule has 0 unspecified atom stereocenters. The number of rotatable bonds is 5. The van der Waals surface area contributed by atoms with Crippen LogP contribution >= 0.6 is 0 Å². The van der Waals surface area contributed by atoms with E-state index in [4.69, 9.17) is 0 Å². The molecule has 1 aromatic heterocycles. The molecule has 5 nitrogen and oxygen atoms in total. The van der Waals surface area contributed by atoms with Gasteiger partial charge in [0.2, 0.25) is 5.91 Å². The van der Waals surface area contributed by atoms with Crippen molar-refractivity contribution in [1.82, 2.24) is 9.47 Å². The van der Waals surface area contributed by atoms with Crippen LogP contribution in [0.1, 0.15) is 25.5 Å². The van der Waals surface area contributed by atoms with Gasteiger partial charge in [0.05, 0.1) is 0 Å². The second kappa shape index (κ2) is 6.23. The smallest absolute Gasteiger partial charge is 0.254 e. The van der Waals surface area contributed by atoms with E-state index in [1.807, 2.05) is 6.92 Å². The Bertz CT molecular complexity index is 480. The first-order valence-corrected chi connectivity index (χ1v) is 6.10. The Kier molecular flexibility index (Phi) is 4.95. The summed E-state index contributed by atoms with van der Waals surface area (Å²) >= 11 is 0. The van der Waals surface area contributed by atoms with Crippen LogP contribution in [-0.2, 0) is 11.3 Å².